The summed E-state index contributed by atoms with van der Waals surface area (Å²) in [5.74, 6) is -0.343. The third-order valence-corrected chi connectivity index (χ3v) is 5.57. The van der Waals surface area contributed by atoms with Crippen molar-refractivity contribution in [2.45, 2.75) is 53.2 Å². The zero-order chi connectivity index (χ0) is 24.5. The van der Waals surface area contributed by atoms with Crippen molar-refractivity contribution in [2.75, 3.05) is 13.2 Å². The maximum Gasteiger partial charge on any atom is 0.338 e. The minimum absolute atomic E-state index is 0.0482. The molecule has 0 spiro atoms. The number of aromatic amines is 1. The SMILES string of the molecule is CCc1c(Cc2cc(C)cc(C)c2)n(COCCCCOC(=O)c2ccccc2)c(=O)[nH]c1=O. The van der Waals surface area contributed by atoms with Crippen LogP contribution in [0.15, 0.2) is 58.1 Å². The first-order chi connectivity index (χ1) is 16.4. The molecule has 3 aromatic rings. The van der Waals surface area contributed by atoms with Gasteiger partial charge in [0.05, 0.1) is 12.2 Å². The zero-order valence-corrected chi connectivity index (χ0v) is 20.1. The molecule has 7 nitrogen and oxygen atoms in total. The third-order valence-electron chi connectivity index (χ3n) is 5.57. The Morgan fingerprint density at radius 2 is 1.65 bits per heavy atom. The number of aryl methyl sites for hydroxylation is 2. The minimum atomic E-state index is -0.474. The van der Waals surface area contributed by atoms with Crippen molar-refractivity contribution in [1.82, 2.24) is 9.55 Å². The maximum atomic E-state index is 12.6. The van der Waals surface area contributed by atoms with Gasteiger partial charge in [-0.15, -0.1) is 0 Å². The van der Waals surface area contributed by atoms with Gasteiger partial charge < -0.3 is 9.47 Å². The van der Waals surface area contributed by atoms with Crippen LogP contribution in [0.25, 0.3) is 0 Å². The van der Waals surface area contributed by atoms with Crippen LogP contribution in [0.2, 0.25) is 0 Å². The lowest BCUT2D eigenvalue weighted by atomic mass is 10.0. The topological polar surface area (TPSA) is 90.4 Å². The molecule has 0 aliphatic carbocycles. The van der Waals surface area contributed by atoms with Gasteiger partial charge in [0.2, 0.25) is 0 Å². The van der Waals surface area contributed by atoms with Crippen LogP contribution in [0.4, 0.5) is 0 Å². The molecule has 0 unspecified atom stereocenters. The van der Waals surface area contributed by atoms with Crippen LogP contribution >= 0.6 is 0 Å². The highest BCUT2D eigenvalue weighted by Gasteiger charge is 2.15. The van der Waals surface area contributed by atoms with E-state index < -0.39 is 5.69 Å². The molecule has 34 heavy (non-hydrogen) atoms. The van der Waals surface area contributed by atoms with E-state index in [1.54, 1.807) is 24.3 Å². The number of unbranched alkanes of at least 4 members (excludes halogenated alkanes) is 1. The Labute approximate surface area is 199 Å². The number of hydrogen-bond acceptors (Lipinski definition) is 5. The largest absolute Gasteiger partial charge is 0.462 e. The summed E-state index contributed by atoms with van der Waals surface area (Å²) in [5.41, 5.74) is 4.30. The third kappa shape index (κ3) is 6.78. The second-order valence-electron chi connectivity index (χ2n) is 8.39. The first-order valence-corrected chi connectivity index (χ1v) is 11.6. The fraction of sp³-hybridized carbons (Fsp3) is 0.370. The highest BCUT2D eigenvalue weighted by molar-refractivity contribution is 5.89. The Morgan fingerprint density at radius 1 is 0.971 bits per heavy atom. The molecule has 0 fully saturated rings. The molecule has 0 atom stereocenters. The van der Waals surface area contributed by atoms with Gasteiger partial charge in [-0.25, -0.2) is 9.59 Å². The van der Waals surface area contributed by atoms with E-state index in [1.165, 1.54) is 4.57 Å². The van der Waals surface area contributed by atoms with Gasteiger partial charge in [0.1, 0.15) is 6.73 Å². The highest BCUT2D eigenvalue weighted by atomic mass is 16.5. The number of carbonyl (C=O) groups excluding carboxylic acids is 1. The molecular weight excluding hydrogens is 432 g/mol. The zero-order valence-electron chi connectivity index (χ0n) is 20.1. The summed E-state index contributed by atoms with van der Waals surface area (Å²) in [6, 6.07) is 15.1. The lowest BCUT2D eigenvalue weighted by Gasteiger charge is -2.16. The smallest absolute Gasteiger partial charge is 0.338 e. The van der Waals surface area contributed by atoms with Crippen molar-refractivity contribution in [3.05, 3.63) is 103 Å². The van der Waals surface area contributed by atoms with E-state index in [-0.39, 0.29) is 18.3 Å². The van der Waals surface area contributed by atoms with Gasteiger partial charge in [-0.2, -0.15) is 0 Å². The maximum absolute atomic E-state index is 12.6. The van der Waals surface area contributed by atoms with E-state index >= 15 is 0 Å². The number of ether oxygens (including phenoxy) is 2. The van der Waals surface area contributed by atoms with E-state index in [1.807, 2.05) is 26.8 Å². The molecule has 0 bridgehead atoms. The first-order valence-electron chi connectivity index (χ1n) is 11.6. The number of nitrogens with zero attached hydrogens (tertiary/aromatic N) is 1. The summed E-state index contributed by atoms with van der Waals surface area (Å²) in [6.45, 7) is 6.71. The fourth-order valence-corrected chi connectivity index (χ4v) is 4.01. The Balaban J connectivity index is 1.59. The Kier molecular flexibility index (Phi) is 8.99. The highest BCUT2D eigenvalue weighted by Crippen LogP contribution is 2.15. The van der Waals surface area contributed by atoms with Crippen molar-refractivity contribution < 1.29 is 14.3 Å². The number of esters is 1. The van der Waals surface area contributed by atoms with Crippen LogP contribution in [0, 0.1) is 13.8 Å². The molecular formula is C27H32N2O5. The summed E-state index contributed by atoms with van der Waals surface area (Å²) in [4.78, 5) is 39.4. The van der Waals surface area contributed by atoms with Crippen LogP contribution in [0.3, 0.4) is 0 Å². The van der Waals surface area contributed by atoms with Crippen LogP contribution < -0.4 is 11.2 Å². The Bertz CT molecular complexity index is 1210. The second-order valence-corrected chi connectivity index (χ2v) is 8.39. The molecule has 1 aromatic heterocycles. The number of rotatable bonds is 11. The van der Waals surface area contributed by atoms with Gasteiger partial charge in [-0.1, -0.05) is 54.4 Å². The first kappa shape index (κ1) is 25.2. The standard InChI is InChI=1S/C27H32N2O5/c1-4-23-24(17-21-15-19(2)14-20(3)16-21)29(27(32)28-25(23)30)18-33-12-8-9-13-34-26(31)22-10-6-5-7-11-22/h5-7,10-11,14-16H,4,8-9,12-13,17-18H2,1-3H3,(H,28,30,32). The molecule has 0 aliphatic heterocycles. The van der Waals surface area contributed by atoms with Crippen molar-refractivity contribution >= 4 is 5.97 Å². The predicted octanol–water partition coefficient (Wildman–Crippen LogP) is 3.92. The average Bonchev–Trinajstić information content (AvgIpc) is 2.80. The number of benzene rings is 2. The lowest BCUT2D eigenvalue weighted by Crippen LogP contribution is -2.36. The van der Waals surface area contributed by atoms with Gasteiger partial charge in [0, 0.05) is 24.3 Å². The van der Waals surface area contributed by atoms with Crippen molar-refractivity contribution in [3.63, 3.8) is 0 Å². The number of aromatic nitrogens is 2. The van der Waals surface area contributed by atoms with Gasteiger partial charge >= 0.3 is 11.7 Å². The van der Waals surface area contributed by atoms with Gasteiger partial charge in [-0.05, 0) is 50.8 Å². The van der Waals surface area contributed by atoms with Gasteiger partial charge in [-0.3, -0.25) is 14.3 Å². The predicted molar refractivity (Wildman–Crippen MR) is 131 cm³/mol. The average molecular weight is 465 g/mol. The molecule has 3 rings (SSSR count). The second kappa shape index (κ2) is 12.1. The summed E-state index contributed by atoms with van der Waals surface area (Å²) >= 11 is 0. The molecule has 0 saturated heterocycles. The molecule has 0 amide bonds. The van der Waals surface area contributed by atoms with E-state index in [4.69, 9.17) is 9.47 Å². The molecule has 0 saturated carbocycles. The number of H-pyrrole nitrogens is 1. The molecule has 2 aromatic carbocycles. The van der Waals surface area contributed by atoms with Crippen molar-refractivity contribution in [2.24, 2.45) is 0 Å². The molecule has 7 heteroatoms. The summed E-state index contributed by atoms with van der Waals surface area (Å²) in [6.07, 6.45) is 2.31. The van der Waals surface area contributed by atoms with Crippen LogP contribution in [0.5, 0.6) is 0 Å². The Hall–Kier alpha value is -3.45. The van der Waals surface area contributed by atoms with E-state index in [0.29, 0.717) is 55.7 Å². The van der Waals surface area contributed by atoms with E-state index in [9.17, 15) is 14.4 Å². The van der Waals surface area contributed by atoms with Crippen LogP contribution in [-0.2, 0) is 29.0 Å². The summed E-state index contributed by atoms with van der Waals surface area (Å²) in [7, 11) is 0. The number of nitrogens with one attached hydrogen (secondary N) is 1. The number of hydrogen-bond donors (Lipinski definition) is 1. The Morgan fingerprint density at radius 3 is 2.32 bits per heavy atom. The molecule has 1 N–H and O–H groups in total. The monoisotopic (exact) mass is 464 g/mol. The summed E-state index contributed by atoms with van der Waals surface area (Å²) in [5, 5.41) is 0. The fourth-order valence-electron chi connectivity index (χ4n) is 4.01. The van der Waals surface area contributed by atoms with Crippen molar-refractivity contribution in [1.29, 1.82) is 0 Å². The van der Waals surface area contributed by atoms with Crippen LogP contribution in [0.1, 0.15) is 58.1 Å². The normalized spacial score (nSPS) is 10.9. The van der Waals surface area contributed by atoms with Crippen molar-refractivity contribution in [3.8, 4) is 0 Å². The van der Waals surface area contributed by atoms with E-state index in [0.717, 1.165) is 16.7 Å². The lowest BCUT2D eigenvalue weighted by molar-refractivity contribution is 0.0444. The van der Waals surface area contributed by atoms with Crippen LogP contribution in [-0.4, -0.2) is 28.7 Å². The molecule has 1 heterocycles. The van der Waals surface area contributed by atoms with Gasteiger partial charge in [0.15, 0.2) is 0 Å². The summed E-state index contributed by atoms with van der Waals surface area (Å²) < 4.78 is 12.5. The van der Waals surface area contributed by atoms with Gasteiger partial charge in [0.25, 0.3) is 5.56 Å². The van der Waals surface area contributed by atoms with E-state index in [2.05, 4.69) is 23.2 Å². The molecule has 0 aliphatic rings. The molecule has 180 valence electrons. The quantitative estimate of drug-likeness (QED) is 0.343. The molecule has 0 radical (unpaired) electrons. The minimum Gasteiger partial charge on any atom is -0.462 e. The number of carbonyl (C=O) groups is 1.